The number of halogens is 1. The Labute approximate surface area is 137 Å². The zero-order valence-electron chi connectivity index (χ0n) is 13.5. The highest BCUT2D eigenvalue weighted by Crippen LogP contribution is 2.21. The van der Waals surface area contributed by atoms with E-state index in [2.05, 4.69) is 16.8 Å². The fourth-order valence-electron chi connectivity index (χ4n) is 3.42. The largest absolute Gasteiger partial charge is 0.306 e. The number of piperidine rings is 1. The second-order valence-electron chi connectivity index (χ2n) is 6.43. The Kier molecular flexibility index (Phi) is 5.01. The first-order valence-corrected chi connectivity index (χ1v) is 9.59. The number of sulfonamides is 1. The molecule has 0 unspecified atom stereocenters. The third-order valence-electron chi connectivity index (χ3n) is 4.93. The van der Waals surface area contributed by atoms with Crippen molar-refractivity contribution in [1.29, 1.82) is 0 Å². The Morgan fingerprint density at radius 1 is 0.957 bits per heavy atom. The average Bonchev–Trinajstić information content (AvgIpc) is 2.56. The summed E-state index contributed by atoms with van der Waals surface area (Å²) in [5, 5.41) is 0. The zero-order chi connectivity index (χ0) is 16.4. The molecule has 2 aliphatic rings. The molecule has 1 aromatic carbocycles. The number of likely N-dealkylation sites (tertiary alicyclic amines) is 1. The van der Waals surface area contributed by atoms with Gasteiger partial charge in [0.05, 0.1) is 4.90 Å². The Hall–Kier alpha value is -1.02. The van der Waals surface area contributed by atoms with Gasteiger partial charge in [0.15, 0.2) is 0 Å². The molecule has 2 fully saturated rings. The van der Waals surface area contributed by atoms with Crippen molar-refractivity contribution in [2.45, 2.75) is 23.8 Å². The molecule has 2 saturated heterocycles. The molecular weight excluding hydrogens is 317 g/mol. The van der Waals surface area contributed by atoms with Crippen molar-refractivity contribution >= 4 is 10.0 Å². The quantitative estimate of drug-likeness (QED) is 0.829. The molecule has 0 atom stereocenters. The van der Waals surface area contributed by atoms with E-state index in [0.717, 1.165) is 39.0 Å². The van der Waals surface area contributed by atoms with Crippen LogP contribution in [0.25, 0.3) is 0 Å². The number of piperazine rings is 1. The lowest BCUT2D eigenvalue weighted by atomic mass is 10.0. The number of nitrogens with zero attached hydrogens (tertiary/aromatic N) is 3. The Balaban J connectivity index is 1.61. The molecule has 23 heavy (non-hydrogen) atoms. The standard InChI is InChI=1S/C16H24FN3O2S/c1-18-8-6-15(7-9-18)19-10-12-20(13-11-19)23(21,22)16-4-2-14(17)3-5-16/h2-5,15H,6-13H2,1H3. The van der Waals surface area contributed by atoms with Gasteiger partial charge in [-0.15, -0.1) is 0 Å². The van der Waals surface area contributed by atoms with E-state index in [9.17, 15) is 12.8 Å². The first kappa shape index (κ1) is 16.8. The van der Waals surface area contributed by atoms with Gasteiger partial charge in [-0.3, -0.25) is 4.90 Å². The number of hydrogen-bond acceptors (Lipinski definition) is 4. The maximum absolute atomic E-state index is 13.0. The minimum atomic E-state index is -3.51. The van der Waals surface area contributed by atoms with Gasteiger partial charge in [0.1, 0.15) is 5.82 Å². The van der Waals surface area contributed by atoms with Gasteiger partial charge < -0.3 is 4.90 Å². The Bertz CT molecular complexity index is 619. The van der Waals surface area contributed by atoms with Crippen LogP contribution in [0.3, 0.4) is 0 Å². The van der Waals surface area contributed by atoms with Crippen LogP contribution in [-0.2, 0) is 10.0 Å². The van der Waals surface area contributed by atoms with Gasteiger partial charge >= 0.3 is 0 Å². The van der Waals surface area contributed by atoms with Gasteiger partial charge in [-0.2, -0.15) is 4.31 Å². The molecule has 0 radical (unpaired) electrons. The van der Waals surface area contributed by atoms with Crippen LogP contribution in [0.1, 0.15) is 12.8 Å². The predicted octanol–water partition coefficient (Wildman–Crippen LogP) is 1.23. The van der Waals surface area contributed by atoms with Crippen molar-refractivity contribution < 1.29 is 12.8 Å². The van der Waals surface area contributed by atoms with E-state index in [4.69, 9.17) is 0 Å². The van der Waals surface area contributed by atoms with Crippen molar-refractivity contribution in [2.24, 2.45) is 0 Å². The molecule has 1 aromatic rings. The fourth-order valence-corrected chi connectivity index (χ4v) is 4.85. The molecule has 5 nitrogen and oxygen atoms in total. The summed E-state index contributed by atoms with van der Waals surface area (Å²) in [5.41, 5.74) is 0. The normalized spacial score (nSPS) is 23.2. The van der Waals surface area contributed by atoms with Crippen molar-refractivity contribution in [2.75, 3.05) is 46.3 Å². The van der Waals surface area contributed by atoms with Crippen molar-refractivity contribution in [3.05, 3.63) is 30.1 Å². The predicted molar refractivity (Wildman–Crippen MR) is 87.3 cm³/mol. The van der Waals surface area contributed by atoms with Crippen LogP contribution in [0.4, 0.5) is 4.39 Å². The second-order valence-corrected chi connectivity index (χ2v) is 8.37. The maximum atomic E-state index is 13.0. The number of hydrogen-bond donors (Lipinski definition) is 0. The molecule has 2 aliphatic heterocycles. The summed E-state index contributed by atoms with van der Waals surface area (Å²) in [6, 6.07) is 5.65. The van der Waals surface area contributed by atoms with Crippen LogP contribution in [0, 0.1) is 5.82 Å². The molecule has 0 amide bonds. The van der Waals surface area contributed by atoms with E-state index in [1.54, 1.807) is 0 Å². The summed E-state index contributed by atoms with van der Waals surface area (Å²) < 4.78 is 39.7. The van der Waals surface area contributed by atoms with Gasteiger partial charge in [0.25, 0.3) is 0 Å². The molecule has 0 bridgehead atoms. The van der Waals surface area contributed by atoms with Crippen LogP contribution < -0.4 is 0 Å². The third-order valence-corrected chi connectivity index (χ3v) is 6.84. The third kappa shape index (κ3) is 3.74. The number of rotatable bonds is 3. The highest BCUT2D eigenvalue weighted by Gasteiger charge is 2.31. The van der Waals surface area contributed by atoms with Gasteiger partial charge in [0, 0.05) is 32.2 Å². The summed E-state index contributed by atoms with van der Waals surface area (Å²) in [7, 11) is -1.37. The maximum Gasteiger partial charge on any atom is 0.243 e. The minimum absolute atomic E-state index is 0.173. The van der Waals surface area contributed by atoms with Gasteiger partial charge in [0.2, 0.25) is 10.0 Å². The summed E-state index contributed by atoms with van der Waals surface area (Å²) in [5.74, 6) is -0.420. The van der Waals surface area contributed by atoms with E-state index in [1.165, 1.54) is 28.6 Å². The minimum Gasteiger partial charge on any atom is -0.306 e. The molecule has 0 aliphatic carbocycles. The van der Waals surface area contributed by atoms with Crippen molar-refractivity contribution in [3.63, 3.8) is 0 Å². The Morgan fingerprint density at radius 3 is 2.09 bits per heavy atom. The lowest BCUT2D eigenvalue weighted by Crippen LogP contribution is -2.53. The van der Waals surface area contributed by atoms with Gasteiger partial charge in [-0.1, -0.05) is 0 Å². The van der Waals surface area contributed by atoms with E-state index >= 15 is 0 Å². The first-order valence-electron chi connectivity index (χ1n) is 8.15. The molecular formula is C16H24FN3O2S. The second kappa shape index (κ2) is 6.84. The highest BCUT2D eigenvalue weighted by molar-refractivity contribution is 7.89. The van der Waals surface area contributed by atoms with Crippen molar-refractivity contribution in [3.8, 4) is 0 Å². The smallest absolute Gasteiger partial charge is 0.243 e. The fraction of sp³-hybridized carbons (Fsp3) is 0.625. The Morgan fingerprint density at radius 2 is 1.52 bits per heavy atom. The topological polar surface area (TPSA) is 43.9 Å². The molecule has 128 valence electrons. The first-order chi connectivity index (χ1) is 11.0. The molecule has 0 aromatic heterocycles. The van der Waals surface area contributed by atoms with Crippen LogP contribution in [-0.4, -0.2) is 74.9 Å². The van der Waals surface area contributed by atoms with Gasteiger partial charge in [-0.05, 0) is 57.2 Å². The van der Waals surface area contributed by atoms with Crippen LogP contribution >= 0.6 is 0 Å². The van der Waals surface area contributed by atoms with E-state index in [-0.39, 0.29) is 4.90 Å². The molecule has 0 saturated carbocycles. The SMILES string of the molecule is CN1CCC(N2CCN(S(=O)(=O)c3ccc(F)cc3)CC2)CC1. The average molecular weight is 341 g/mol. The summed E-state index contributed by atoms with van der Waals surface area (Å²) in [4.78, 5) is 4.93. The lowest BCUT2D eigenvalue weighted by molar-refractivity contribution is 0.0892. The summed E-state index contributed by atoms with van der Waals surface area (Å²) in [6.07, 6.45) is 2.31. The summed E-state index contributed by atoms with van der Waals surface area (Å²) >= 11 is 0. The lowest BCUT2D eigenvalue weighted by Gasteiger charge is -2.41. The molecule has 2 heterocycles. The molecule has 0 spiro atoms. The molecule has 3 rings (SSSR count). The molecule has 7 heteroatoms. The van der Waals surface area contributed by atoms with Gasteiger partial charge in [-0.25, -0.2) is 12.8 Å². The van der Waals surface area contributed by atoms with Crippen LogP contribution in [0.5, 0.6) is 0 Å². The summed E-state index contributed by atoms with van der Waals surface area (Å²) in [6.45, 7) is 4.78. The van der Waals surface area contributed by atoms with E-state index in [0.29, 0.717) is 19.1 Å². The van der Waals surface area contributed by atoms with Crippen LogP contribution in [0.2, 0.25) is 0 Å². The number of benzene rings is 1. The zero-order valence-corrected chi connectivity index (χ0v) is 14.3. The molecule has 0 N–H and O–H groups in total. The van der Waals surface area contributed by atoms with E-state index in [1.807, 2.05) is 0 Å². The highest BCUT2D eigenvalue weighted by atomic mass is 32.2. The van der Waals surface area contributed by atoms with E-state index < -0.39 is 15.8 Å². The monoisotopic (exact) mass is 341 g/mol. The van der Waals surface area contributed by atoms with Crippen molar-refractivity contribution in [1.82, 2.24) is 14.1 Å². The van der Waals surface area contributed by atoms with Crippen LogP contribution in [0.15, 0.2) is 29.2 Å².